The van der Waals surface area contributed by atoms with Gasteiger partial charge < -0.3 is 5.32 Å². The van der Waals surface area contributed by atoms with E-state index >= 15 is 0 Å². The topological polar surface area (TPSA) is 50.7 Å². The fraction of sp³-hybridized carbons (Fsp3) is 0.312. The molecule has 0 atom stereocenters. The van der Waals surface area contributed by atoms with Gasteiger partial charge in [0, 0.05) is 17.3 Å². The van der Waals surface area contributed by atoms with Gasteiger partial charge in [0.15, 0.2) is 5.82 Å². The van der Waals surface area contributed by atoms with Crippen LogP contribution in [0.15, 0.2) is 23.6 Å². The normalized spacial score (nSPS) is 11.0. The maximum absolute atomic E-state index is 4.69. The summed E-state index contributed by atoms with van der Waals surface area (Å²) in [7, 11) is 0. The lowest BCUT2D eigenvalue weighted by Crippen LogP contribution is -2.05. The quantitative estimate of drug-likeness (QED) is 0.784. The van der Waals surface area contributed by atoms with Crippen LogP contribution < -0.4 is 5.32 Å². The van der Waals surface area contributed by atoms with E-state index in [4.69, 9.17) is 0 Å². The first-order valence-electron chi connectivity index (χ1n) is 7.12. The van der Waals surface area contributed by atoms with Gasteiger partial charge in [-0.2, -0.15) is 0 Å². The number of aryl methyl sites for hydroxylation is 2. The maximum atomic E-state index is 4.69. The molecule has 2 aromatic heterocycles. The molecule has 0 spiro atoms. The summed E-state index contributed by atoms with van der Waals surface area (Å²) in [5, 5.41) is 7.51. The molecule has 108 valence electrons. The largest absolute Gasteiger partial charge is 0.369 e. The van der Waals surface area contributed by atoms with Gasteiger partial charge in [-0.15, -0.1) is 11.3 Å². The summed E-state index contributed by atoms with van der Waals surface area (Å²) in [6.45, 7) is 7.12. The van der Waals surface area contributed by atoms with Gasteiger partial charge in [0.05, 0.1) is 10.5 Å². The number of thiazole rings is 1. The zero-order chi connectivity index (χ0) is 14.8. The molecule has 3 aromatic rings. The molecule has 0 bridgehead atoms. The second-order valence-electron chi connectivity index (χ2n) is 5.09. The predicted octanol–water partition coefficient (Wildman–Crippen LogP) is 4.19. The first-order chi connectivity index (χ1) is 10.2. The Kier molecular flexibility index (Phi) is 3.84. The summed E-state index contributed by atoms with van der Waals surface area (Å²) in [5.41, 5.74) is 3.01. The van der Waals surface area contributed by atoms with E-state index < -0.39 is 0 Å². The number of hydrogen-bond donors (Lipinski definition) is 1. The fourth-order valence-corrected chi connectivity index (χ4v) is 2.79. The number of benzene rings is 1. The summed E-state index contributed by atoms with van der Waals surface area (Å²) in [6.07, 6.45) is 1.06. The Labute approximate surface area is 128 Å². The summed E-state index contributed by atoms with van der Waals surface area (Å²) < 4.78 is 0. The first-order valence-corrected chi connectivity index (χ1v) is 8.00. The highest BCUT2D eigenvalue weighted by Crippen LogP contribution is 2.26. The standard InChI is InChI=1S/C16H18N4S/c1-4-7-17-15-12-8-10(2)5-6-13(12)19-16(20-15)14-9-21-11(3)18-14/h5-6,8-9H,4,7H2,1-3H3,(H,17,19,20). The molecule has 0 saturated heterocycles. The van der Waals surface area contributed by atoms with Crippen molar-refractivity contribution in [2.75, 3.05) is 11.9 Å². The lowest BCUT2D eigenvalue weighted by Gasteiger charge is -2.10. The summed E-state index contributed by atoms with van der Waals surface area (Å²) in [6, 6.07) is 6.25. The summed E-state index contributed by atoms with van der Waals surface area (Å²) in [4.78, 5) is 13.8. The Morgan fingerprint density at radius 2 is 2.00 bits per heavy atom. The maximum Gasteiger partial charge on any atom is 0.181 e. The molecule has 0 radical (unpaired) electrons. The highest BCUT2D eigenvalue weighted by atomic mass is 32.1. The molecule has 21 heavy (non-hydrogen) atoms. The molecule has 0 saturated carbocycles. The zero-order valence-corrected chi connectivity index (χ0v) is 13.3. The monoisotopic (exact) mass is 298 g/mol. The third-order valence-corrected chi connectivity index (χ3v) is 4.02. The summed E-state index contributed by atoms with van der Waals surface area (Å²) in [5.74, 6) is 1.58. The van der Waals surface area contributed by atoms with Crippen LogP contribution in [0.2, 0.25) is 0 Å². The van der Waals surface area contributed by atoms with Gasteiger partial charge in [0.25, 0.3) is 0 Å². The van der Waals surface area contributed by atoms with Gasteiger partial charge in [-0.05, 0) is 32.4 Å². The van der Waals surface area contributed by atoms with Crippen molar-refractivity contribution in [1.82, 2.24) is 15.0 Å². The molecule has 0 amide bonds. The van der Waals surface area contributed by atoms with E-state index in [1.54, 1.807) is 11.3 Å². The SMILES string of the molecule is CCCNc1nc(-c2csc(C)n2)nc2ccc(C)cc12. The molecule has 0 aliphatic heterocycles. The number of hydrogen-bond acceptors (Lipinski definition) is 5. The molecule has 0 aliphatic rings. The van der Waals surface area contributed by atoms with Gasteiger partial charge in [-0.3, -0.25) is 0 Å². The van der Waals surface area contributed by atoms with Crippen LogP contribution in [0.3, 0.4) is 0 Å². The molecular formula is C16H18N4S. The molecule has 1 N–H and O–H groups in total. The van der Waals surface area contributed by atoms with Crippen molar-refractivity contribution >= 4 is 28.1 Å². The minimum atomic E-state index is 0.689. The van der Waals surface area contributed by atoms with E-state index in [2.05, 4.69) is 46.2 Å². The van der Waals surface area contributed by atoms with Crippen molar-refractivity contribution in [3.8, 4) is 11.5 Å². The smallest absolute Gasteiger partial charge is 0.181 e. The third kappa shape index (κ3) is 2.88. The zero-order valence-electron chi connectivity index (χ0n) is 12.5. The second-order valence-corrected chi connectivity index (χ2v) is 6.16. The highest BCUT2D eigenvalue weighted by molar-refractivity contribution is 7.09. The Balaban J connectivity index is 2.16. The van der Waals surface area contributed by atoms with E-state index in [0.717, 1.165) is 40.4 Å². The molecule has 0 aliphatic carbocycles. The van der Waals surface area contributed by atoms with Crippen molar-refractivity contribution in [3.05, 3.63) is 34.2 Å². The number of anilines is 1. The van der Waals surface area contributed by atoms with Crippen LogP contribution in [0.4, 0.5) is 5.82 Å². The number of aromatic nitrogens is 3. The van der Waals surface area contributed by atoms with Crippen molar-refractivity contribution < 1.29 is 0 Å². The Morgan fingerprint density at radius 1 is 1.14 bits per heavy atom. The number of rotatable bonds is 4. The Bertz CT molecular complexity index is 779. The Hall–Kier alpha value is -2.01. The summed E-state index contributed by atoms with van der Waals surface area (Å²) >= 11 is 1.62. The fourth-order valence-electron chi connectivity index (χ4n) is 2.20. The van der Waals surface area contributed by atoms with Crippen LogP contribution in [0.5, 0.6) is 0 Å². The lowest BCUT2D eigenvalue weighted by atomic mass is 10.1. The second kappa shape index (κ2) is 5.77. The number of nitrogens with zero attached hydrogens (tertiary/aromatic N) is 3. The molecule has 2 heterocycles. The molecule has 3 rings (SSSR count). The number of nitrogens with one attached hydrogen (secondary N) is 1. The van der Waals surface area contributed by atoms with Crippen LogP contribution in [-0.4, -0.2) is 21.5 Å². The van der Waals surface area contributed by atoms with Gasteiger partial charge in [0.1, 0.15) is 11.5 Å². The Morgan fingerprint density at radius 3 is 2.71 bits per heavy atom. The molecular weight excluding hydrogens is 280 g/mol. The average molecular weight is 298 g/mol. The van der Waals surface area contributed by atoms with Crippen LogP contribution in [-0.2, 0) is 0 Å². The lowest BCUT2D eigenvalue weighted by molar-refractivity contribution is 0.970. The molecule has 4 nitrogen and oxygen atoms in total. The molecule has 5 heteroatoms. The van der Waals surface area contributed by atoms with Gasteiger partial charge >= 0.3 is 0 Å². The first kappa shape index (κ1) is 13.9. The third-order valence-electron chi connectivity index (χ3n) is 3.24. The van der Waals surface area contributed by atoms with Crippen molar-refractivity contribution in [1.29, 1.82) is 0 Å². The van der Waals surface area contributed by atoms with Crippen molar-refractivity contribution in [3.63, 3.8) is 0 Å². The minimum Gasteiger partial charge on any atom is -0.369 e. The van der Waals surface area contributed by atoms with Gasteiger partial charge in [-0.1, -0.05) is 18.6 Å². The molecule has 1 aromatic carbocycles. The van der Waals surface area contributed by atoms with Crippen LogP contribution in [0, 0.1) is 13.8 Å². The number of fused-ring (bicyclic) bond motifs is 1. The molecule has 0 fully saturated rings. The molecule has 0 unspecified atom stereocenters. The van der Waals surface area contributed by atoms with Gasteiger partial charge in [-0.25, -0.2) is 15.0 Å². The van der Waals surface area contributed by atoms with Crippen LogP contribution in [0.1, 0.15) is 23.9 Å². The average Bonchev–Trinajstić information content (AvgIpc) is 2.91. The van der Waals surface area contributed by atoms with E-state index in [-0.39, 0.29) is 0 Å². The van der Waals surface area contributed by atoms with Crippen LogP contribution in [0.25, 0.3) is 22.4 Å². The van der Waals surface area contributed by atoms with E-state index in [1.165, 1.54) is 5.56 Å². The van der Waals surface area contributed by atoms with E-state index in [0.29, 0.717) is 5.82 Å². The highest BCUT2D eigenvalue weighted by Gasteiger charge is 2.11. The predicted molar refractivity (Wildman–Crippen MR) is 88.9 cm³/mol. The van der Waals surface area contributed by atoms with Crippen molar-refractivity contribution in [2.24, 2.45) is 0 Å². The van der Waals surface area contributed by atoms with E-state index in [9.17, 15) is 0 Å². The van der Waals surface area contributed by atoms with Crippen LogP contribution >= 0.6 is 11.3 Å². The minimum absolute atomic E-state index is 0.689. The van der Waals surface area contributed by atoms with Crippen molar-refractivity contribution in [2.45, 2.75) is 27.2 Å². The van der Waals surface area contributed by atoms with E-state index in [1.807, 2.05) is 18.4 Å². The van der Waals surface area contributed by atoms with Gasteiger partial charge in [0.2, 0.25) is 0 Å².